The Kier molecular flexibility index (Phi) is 9.50. The second kappa shape index (κ2) is 11.6. The number of hydrogen-bond acceptors (Lipinski definition) is 7. The molecule has 0 amide bonds. The molecule has 0 fully saturated rings. The number of carbonyl (C=O) groups excluding carboxylic acids is 3. The summed E-state index contributed by atoms with van der Waals surface area (Å²) in [5.74, 6) is -1.63. The second-order valence-corrected chi connectivity index (χ2v) is 6.24. The molecule has 0 saturated heterocycles. The Morgan fingerprint density at radius 3 is 2.07 bits per heavy atom. The van der Waals surface area contributed by atoms with Crippen molar-refractivity contribution in [1.29, 1.82) is 0 Å². The fraction of sp³-hybridized carbons (Fsp3) is 0.381. The summed E-state index contributed by atoms with van der Waals surface area (Å²) in [6.07, 6.45) is 3.32. The van der Waals surface area contributed by atoms with Gasteiger partial charge in [-0.05, 0) is 45.9 Å². The van der Waals surface area contributed by atoms with Crippen molar-refractivity contribution in [3.63, 3.8) is 0 Å². The molecule has 0 aliphatic carbocycles. The van der Waals surface area contributed by atoms with Crippen molar-refractivity contribution in [2.75, 3.05) is 13.7 Å². The van der Waals surface area contributed by atoms with Crippen LogP contribution in [0.3, 0.4) is 0 Å². The van der Waals surface area contributed by atoms with Crippen LogP contribution in [0.2, 0.25) is 0 Å². The zero-order valence-corrected chi connectivity index (χ0v) is 16.8. The highest BCUT2D eigenvalue weighted by Gasteiger charge is 2.24. The lowest BCUT2D eigenvalue weighted by Gasteiger charge is -2.13. The molecule has 152 valence electrons. The molecule has 0 radical (unpaired) electrons. The Hall–Kier alpha value is -3.09. The van der Waals surface area contributed by atoms with E-state index in [0.29, 0.717) is 11.3 Å². The molecule has 0 N–H and O–H groups in total. The maximum Gasteiger partial charge on any atom is 0.345 e. The molecule has 28 heavy (non-hydrogen) atoms. The first-order chi connectivity index (χ1) is 13.2. The van der Waals surface area contributed by atoms with Crippen LogP contribution in [0, 0.1) is 0 Å². The highest BCUT2D eigenvalue weighted by atomic mass is 16.6. The van der Waals surface area contributed by atoms with E-state index in [1.807, 2.05) is 0 Å². The Labute approximate surface area is 164 Å². The quantitative estimate of drug-likeness (QED) is 0.210. The van der Waals surface area contributed by atoms with Gasteiger partial charge in [0.2, 0.25) is 0 Å². The molecule has 1 aromatic rings. The number of methoxy groups -OCH3 is 1. The lowest BCUT2D eigenvalue weighted by Crippen LogP contribution is -2.23. The van der Waals surface area contributed by atoms with Crippen molar-refractivity contribution < 1.29 is 33.3 Å². The van der Waals surface area contributed by atoms with Gasteiger partial charge in [-0.15, -0.1) is 0 Å². The van der Waals surface area contributed by atoms with E-state index in [-0.39, 0.29) is 12.2 Å². The maximum atomic E-state index is 12.4. The molecular weight excluding hydrogens is 364 g/mol. The molecule has 0 heterocycles. The summed E-state index contributed by atoms with van der Waals surface area (Å²) in [5, 5.41) is 0. The van der Waals surface area contributed by atoms with E-state index >= 15 is 0 Å². The lowest BCUT2D eigenvalue weighted by molar-refractivity contribution is -0.150. The van der Waals surface area contributed by atoms with Gasteiger partial charge in [0, 0.05) is 11.6 Å². The topological polar surface area (TPSA) is 88.1 Å². The minimum absolute atomic E-state index is 0.0994. The van der Waals surface area contributed by atoms with E-state index in [1.165, 1.54) is 25.3 Å². The number of benzene rings is 1. The van der Waals surface area contributed by atoms with Crippen molar-refractivity contribution in [2.24, 2.45) is 0 Å². The smallest absolute Gasteiger partial charge is 0.345 e. The van der Waals surface area contributed by atoms with Crippen LogP contribution in [0.5, 0.6) is 5.75 Å². The summed E-state index contributed by atoms with van der Waals surface area (Å²) >= 11 is 0. The van der Waals surface area contributed by atoms with Crippen molar-refractivity contribution in [3.05, 3.63) is 47.6 Å². The molecule has 0 atom stereocenters. The SMILES string of the molecule is COC(=O)/C=C/COc1ccccc1C=C(C(=O)OC(C)C)C(=O)OC(C)C. The van der Waals surface area contributed by atoms with Gasteiger partial charge in [0.25, 0.3) is 0 Å². The average Bonchev–Trinajstić information content (AvgIpc) is 2.62. The Bertz CT molecular complexity index is 721. The van der Waals surface area contributed by atoms with Gasteiger partial charge in [0.15, 0.2) is 0 Å². The summed E-state index contributed by atoms with van der Waals surface area (Å²) in [4.78, 5) is 35.8. The van der Waals surface area contributed by atoms with Crippen molar-refractivity contribution in [3.8, 4) is 5.75 Å². The summed E-state index contributed by atoms with van der Waals surface area (Å²) in [6, 6.07) is 6.85. The van der Waals surface area contributed by atoms with Gasteiger partial charge in [-0.2, -0.15) is 0 Å². The van der Waals surface area contributed by atoms with Crippen LogP contribution >= 0.6 is 0 Å². The first-order valence-electron chi connectivity index (χ1n) is 8.84. The van der Waals surface area contributed by atoms with Crippen molar-refractivity contribution in [2.45, 2.75) is 39.9 Å². The van der Waals surface area contributed by atoms with Gasteiger partial charge in [-0.1, -0.05) is 18.2 Å². The number of esters is 3. The standard InChI is InChI=1S/C21H26O7/c1-14(2)27-20(23)17(21(24)28-15(3)4)13-16-9-6-7-10-18(16)26-12-8-11-19(22)25-5/h6-11,13-15H,12H2,1-5H3/b11-8+. The largest absolute Gasteiger partial charge is 0.489 e. The first kappa shape index (κ1) is 23.0. The second-order valence-electron chi connectivity index (χ2n) is 6.24. The molecule has 1 rings (SSSR count). The van der Waals surface area contributed by atoms with Gasteiger partial charge in [-0.25, -0.2) is 14.4 Å². The molecule has 7 heteroatoms. The minimum atomic E-state index is -0.777. The lowest BCUT2D eigenvalue weighted by atomic mass is 10.1. The van der Waals surface area contributed by atoms with Gasteiger partial charge in [0.05, 0.1) is 19.3 Å². The van der Waals surface area contributed by atoms with Gasteiger partial charge >= 0.3 is 17.9 Å². The Balaban J connectivity index is 3.12. The van der Waals surface area contributed by atoms with Crippen LogP contribution in [-0.2, 0) is 28.6 Å². The van der Waals surface area contributed by atoms with E-state index in [4.69, 9.17) is 14.2 Å². The third-order valence-corrected chi connectivity index (χ3v) is 3.13. The van der Waals surface area contributed by atoms with Crippen LogP contribution in [0.15, 0.2) is 42.0 Å². The molecule has 7 nitrogen and oxygen atoms in total. The van der Waals surface area contributed by atoms with Crippen LogP contribution in [0.25, 0.3) is 6.08 Å². The fourth-order valence-electron chi connectivity index (χ4n) is 1.99. The monoisotopic (exact) mass is 390 g/mol. The summed E-state index contributed by atoms with van der Waals surface area (Å²) in [5.41, 5.74) is 0.258. The van der Waals surface area contributed by atoms with E-state index in [9.17, 15) is 14.4 Å². The normalized spacial score (nSPS) is 10.7. The van der Waals surface area contributed by atoms with Crippen LogP contribution in [0.1, 0.15) is 33.3 Å². The number of carbonyl (C=O) groups is 3. The molecule has 0 saturated carbocycles. The molecule has 0 bridgehead atoms. The zero-order valence-electron chi connectivity index (χ0n) is 16.8. The van der Waals surface area contributed by atoms with E-state index in [0.717, 1.165) is 0 Å². The summed E-state index contributed by atoms with van der Waals surface area (Å²) in [6.45, 7) is 6.85. The average molecular weight is 390 g/mol. The predicted molar refractivity (Wildman–Crippen MR) is 104 cm³/mol. The third kappa shape index (κ3) is 8.07. The van der Waals surface area contributed by atoms with Crippen LogP contribution in [0.4, 0.5) is 0 Å². The molecule has 0 aromatic heterocycles. The van der Waals surface area contributed by atoms with Crippen LogP contribution in [-0.4, -0.2) is 43.8 Å². The first-order valence-corrected chi connectivity index (χ1v) is 8.84. The molecule has 0 aliphatic rings. The molecule has 0 aliphatic heterocycles. The fourth-order valence-corrected chi connectivity index (χ4v) is 1.99. The zero-order chi connectivity index (χ0) is 21.1. The van der Waals surface area contributed by atoms with E-state index < -0.39 is 30.1 Å². The summed E-state index contributed by atoms with van der Waals surface area (Å²) in [7, 11) is 1.28. The van der Waals surface area contributed by atoms with Gasteiger partial charge < -0.3 is 18.9 Å². The van der Waals surface area contributed by atoms with E-state index in [2.05, 4.69) is 4.74 Å². The Morgan fingerprint density at radius 1 is 0.964 bits per heavy atom. The number of rotatable bonds is 9. The molecule has 0 unspecified atom stereocenters. The number of para-hydroxylation sites is 1. The van der Waals surface area contributed by atoms with Gasteiger partial charge in [-0.3, -0.25) is 0 Å². The van der Waals surface area contributed by atoms with E-state index in [1.54, 1.807) is 52.0 Å². The molecule has 0 spiro atoms. The maximum absolute atomic E-state index is 12.4. The number of ether oxygens (including phenoxy) is 4. The van der Waals surface area contributed by atoms with Crippen molar-refractivity contribution >= 4 is 24.0 Å². The minimum Gasteiger partial charge on any atom is -0.489 e. The van der Waals surface area contributed by atoms with Gasteiger partial charge in [0.1, 0.15) is 17.9 Å². The third-order valence-electron chi connectivity index (χ3n) is 3.13. The predicted octanol–water partition coefficient (Wildman–Crippen LogP) is 3.08. The summed E-state index contributed by atoms with van der Waals surface area (Å²) < 4.78 is 20.4. The molecular formula is C21H26O7. The molecule has 1 aromatic carbocycles. The van der Waals surface area contributed by atoms with Crippen LogP contribution < -0.4 is 4.74 Å². The number of hydrogen-bond donors (Lipinski definition) is 0. The van der Waals surface area contributed by atoms with Crippen molar-refractivity contribution in [1.82, 2.24) is 0 Å². The highest BCUT2D eigenvalue weighted by Crippen LogP contribution is 2.22. The highest BCUT2D eigenvalue weighted by molar-refractivity contribution is 6.18. The Morgan fingerprint density at radius 2 is 1.54 bits per heavy atom.